The van der Waals surface area contributed by atoms with E-state index in [4.69, 9.17) is 0 Å². The average Bonchev–Trinajstić information content (AvgIpc) is 2.58. The molecule has 0 bridgehead atoms. The Morgan fingerprint density at radius 1 is 1.24 bits per heavy atom. The van der Waals surface area contributed by atoms with Gasteiger partial charge in [0.05, 0.1) is 28.2 Å². The van der Waals surface area contributed by atoms with E-state index in [1.54, 1.807) is 0 Å². The average molecular weight is 315 g/mol. The zero-order valence-corrected chi connectivity index (χ0v) is 13.0. The molecule has 0 aliphatic heterocycles. The van der Waals surface area contributed by atoms with Gasteiger partial charge in [-0.05, 0) is 0 Å². The number of thiazole rings is 1. The third-order valence-electron chi connectivity index (χ3n) is 1.47. The maximum absolute atomic E-state index is 10.9. The Bertz CT molecular complexity index is 477. The Morgan fingerprint density at radius 3 is 2.24 bits per heavy atom. The molecular weight excluding hydrogens is 299 g/mol. The van der Waals surface area contributed by atoms with Crippen LogP contribution in [-0.2, 0) is 0 Å². The summed E-state index contributed by atoms with van der Waals surface area (Å²) in [6.45, 7) is 0. The van der Waals surface area contributed by atoms with Crippen LogP contribution in [0.1, 0.15) is 9.80 Å². The molecule has 1 heterocycles. The van der Waals surface area contributed by atoms with E-state index in [1.165, 1.54) is 11.3 Å². The molecule has 17 heavy (non-hydrogen) atoms. The number of carbonyl (C=O) groups excluding carboxylic acids is 1. The first-order valence-electron chi connectivity index (χ1n) is 5.13. The Balaban J connectivity index is 0.000000249. The van der Waals surface area contributed by atoms with E-state index in [-0.39, 0.29) is 4.68 Å². The number of fused-ring (bicyclic) bond motifs is 1. The third-order valence-corrected chi connectivity index (χ3v) is 3.20. The van der Waals surface area contributed by atoms with Gasteiger partial charge >= 0.3 is 81.3 Å². The molecule has 0 N–H and O–H groups in total. The Morgan fingerprint density at radius 2 is 1.76 bits per heavy atom. The molecule has 3 nitrogen and oxygen atoms in total. The number of hydrogen-bond acceptors (Lipinski definition) is 3. The van der Waals surface area contributed by atoms with Crippen molar-refractivity contribution in [3.63, 3.8) is 0 Å². The second kappa shape index (κ2) is 5.74. The molecule has 1 aromatic carbocycles. The molecule has 2 aromatic rings. The summed E-state index contributed by atoms with van der Waals surface area (Å²) in [7, 11) is 8.50. The molecule has 1 aromatic heterocycles. The molecule has 0 saturated carbocycles. The van der Waals surface area contributed by atoms with Gasteiger partial charge in [0.15, 0.2) is 0 Å². The van der Waals surface area contributed by atoms with E-state index in [0.717, 1.165) is 14.7 Å². The number of hydrogen-bond donors (Lipinski definition) is 0. The Kier molecular flexibility index (Phi) is 4.83. The van der Waals surface area contributed by atoms with Crippen LogP contribution in [0.4, 0.5) is 0 Å². The van der Waals surface area contributed by atoms with Crippen LogP contribution in [0.5, 0.6) is 0 Å². The summed E-state index contributed by atoms with van der Waals surface area (Å²) < 4.78 is 1.97. The van der Waals surface area contributed by atoms with Gasteiger partial charge in [-0.1, -0.05) is 0 Å². The first kappa shape index (κ1) is 14.3. The van der Waals surface area contributed by atoms with Crippen molar-refractivity contribution in [3.8, 4) is 0 Å². The summed E-state index contributed by atoms with van der Waals surface area (Å²) in [5.41, 5.74) is 0.890. The Labute approximate surface area is 114 Å². The van der Waals surface area contributed by atoms with Crippen LogP contribution < -0.4 is 0 Å². The fourth-order valence-corrected chi connectivity index (χ4v) is 2.12. The van der Waals surface area contributed by atoms with Crippen LogP contribution in [-0.4, -0.2) is 58.4 Å². The van der Waals surface area contributed by atoms with Gasteiger partial charge in [-0.15, -0.1) is 0 Å². The fraction of sp³-hybridized carbons (Fsp3) is 0.333. The van der Waals surface area contributed by atoms with Gasteiger partial charge in [0.1, 0.15) is 0 Å². The number of quaternary nitrogens is 1. The van der Waals surface area contributed by atoms with Gasteiger partial charge in [0, 0.05) is 0 Å². The molecular formula is C12H16N2OSSe. The summed E-state index contributed by atoms with van der Waals surface area (Å²) in [5, 5.41) is 0.538. The zero-order chi connectivity index (χ0) is 13.1. The van der Waals surface area contributed by atoms with Crippen molar-refractivity contribution in [1.29, 1.82) is 0 Å². The van der Waals surface area contributed by atoms with Gasteiger partial charge in [-0.25, -0.2) is 0 Å². The van der Waals surface area contributed by atoms with Crippen molar-refractivity contribution in [2.75, 3.05) is 28.2 Å². The number of nitrogens with zero attached hydrogens (tertiary/aromatic N) is 2. The van der Waals surface area contributed by atoms with Crippen molar-refractivity contribution < 1.29 is 9.28 Å². The zero-order valence-electron chi connectivity index (χ0n) is 10.4. The Hall–Kier alpha value is -0.741. The minimum absolute atomic E-state index is 0.0869. The van der Waals surface area contributed by atoms with Crippen LogP contribution in [0.2, 0.25) is 0 Å². The van der Waals surface area contributed by atoms with Crippen molar-refractivity contribution in [2.24, 2.45) is 0 Å². The molecule has 0 aliphatic rings. The molecule has 0 fully saturated rings. The van der Waals surface area contributed by atoms with E-state index in [1.807, 2.05) is 24.3 Å². The molecule has 0 amide bonds. The first-order chi connectivity index (χ1) is 7.77. The van der Waals surface area contributed by atoms with Crippen LogP contribution in [0, 0.1) is 0 Å². The minimum atomic E-state index is -0.0869. The van der Waals surface area contributed by atoms with Crippen LogP contribution in [0.3, 0.4) is 0 Å². The quantitative estimate of drug-likeness (QED) is 0.594. The van der Waals surface area contributed by atoms with Crippen molar-refractivity contribution >= 4 is 42.2 Å². The van der Waals surface area contributed by atoms with Crippen molar-refractivity contribution in [1.82, 2.24) is 4.98 Å². The molecule has 0 aliphatic carbocycles. The predicted octanol–water partition coefficient (Wildman–Crippen LogP) is 1.93. The van der Waals surface area contributed by atoms with E-state index < -0.39 is 0 Å². The molecule has 0 radical (unpaired) electrons. The van der Waals surface area contributed by atoms with E-state index in [2.05, 4.69) is 49.2 Å². The van der Waals surface area contributed by atoms with Gasteiger partial charge in [0.25, 0.3) is 0 Å². The summed E-state index contributed by atoms with van der Waals surface area (Å²) >= 11 is 3.84. The van der Waals surface area contributed by atoms with Crippen LogP contribution >= 0.6 is 11.3 Å². The predicted molar refractivity (Wildman–Crippen MR) is 73.7 cm³/mol. The molecule has 5 heteroatoms. The van der Waals surface area contributed by atoms with Crippen LogP contribution in [0.25, 0.3) is 10.2 Å². The van der Waals surface area contributed by atoms with Crippen molar-refractivity contribution in [3.05, 3.63) is 29.3 Å². The summed E-state index contributed by atoms with van der Waals surface area (Å²) in [4.78, 5) is 15.1. The summed E-state index contributed by atoms with van der Waals surface area (Å²) in [6, 6.07) is 7.71. The molecule has 92 valence electrons. The number of carbonyl (C=O) groups is 1. The van der Waals surface area contributed by atoms with E-state index >= 15 is 0 Å². The number of para-hydroxylation sites is 1. The van der Waals surface area contributed by atoms with E-state index in [0.29, 0.717) is 5.01 Å². The maximum atomic E-state index is 10.9. The molecule has 0 saturated heterocycles. The van der Waals surface area contributed by atoms with Gasteiger partial charge in [-0.2, -0.15) is 0 Å². The number of rotatable bonds is 1. The molecule has 0 atom stereocenters. The number of benzene rings is 1. The van der Waals surface area contributed by atoms with Gasteiger partial charge in [0.2, 0.25) is 0 Å². The van der Waals surface area contributed by atoms with Gasteiger partial charge in [-0.3, -0.25) is 0 Å². The second-order valence-electron chi connectivity index (χ2n) is 4.96. The summed E-state index contributed by atoms with van der Waals surface area (Å²) in [5.74, 6) is 0. The molecule has 0 unspecified atom stereocenters. The standard InChI is InChI=1S/C8H5NOSSe.C4H12N/c10-8(12)7-9-5-3-1-2-4-6(5)11-7;1-5(2,3)4/h1-4H,(H,10,12);1-4H3/q;+1/p-1. The SMILES string of the molecule is C[N+](C)(C)C.O=C([Se-])c1nc2ccccc2s1. The normalized spacial score (nSPS) is 10.8. The number of aromatic nitrogens is 1. The van der Waals surface area contributed by atoms with Gasteiger partial charge < -0.3 is 4.48 Å². The topological polar surface area (TPSA) is 30.0 Å². The third kappa shape index (κ3) is 5.41. The second-order valence-corrected chi connectivity index (χ2v) is 6.77. The summed E-state index contributed by atoms with van der Waals surface area (Å²) in [6.07, 6.45) is 0. The molecule has 0 spiro atoms. The van der Waals surface area contributed by atoms with Crippen molar-refractivity contribution in [2.45, 2.75) is 0 Å². The molecule has 2 rings (SSSR count). The van der Waals surface area contributed by atoms with E-state index in [9.17, 15) is 4.79 Å². The van der Waals surface area contributed by atoms with Crippen LogP contribution in [0.15, 0.2) is 24.3 Å². The fourth-order valence-electron chi connectivity index (χ4n) is 0.960. The first-order valence-corrected chi connectivity index (χ1v) is 6.80. The monoisotopic (exact) mass is 316 g/mol.